The fourth-order valence-electron chi connectivity index (χ4n) is 8.05. The molecule has 57 heavy (non-hydrogen) atoms. The van der Waals surface area contributed by atoms with Crippen molar-refractivity contribution in [3.05, 3.63) is 199 Å². The lowest BCUT2D eigenvalue weighted by molar-refractivity contribution is 0.660. The maximum absolute atomic E-state index is 5.25. The predicted octanol–water partition coefficient (Wildman–Crippen LogP) is 12.6. The maximum Gasteiger partial charge on any atom is 0.164 e. The van der Waals surface area contributed by atoms with E-state index in [2.05, 4.69) is 123 Å². The van der Waals surface area contributed by atoms with Crippen LogP contribution in [-0.2, 0) is 5.41 Å². The van der Waals surface area contributed by atoms with E-state index >= 15 is 0 Å². The van der Waals surface area contributed by atoms with Gasteiger partial charge in [-0.05, 0) is 51.6 Å². The third-order valence-electron chi connectivity index (χ3n) is 11.0. The Hall–Kier alpha value is -7.37. The van der Waals surface area contributed by atoms with Gasteiger partial charge in [0.05, 0.1) is 11.4 Å². The molecule has 0 saturated heterocycles. The Bertz CT molecular complexity index is 2860. The van der Waals surface area contributed by atoms with Crippen LogP contribution in [-0.4, -0.2) is 24.9 Å². The largest absolute Gasteiger partial charge is 0.228 e. The van der Waals surface area contributed by atoms with Crippen molar-refractivity contribution >= 4 is 0 Å². The van der Waals surface area contributed by atoms with Crippen LogP contribution in [0.3, 0.4) is 0 Å². The molecule has 270 valence electrons. The topological polar surface area (TPSA) is 64.5 Å². The molecule has 0 spiro atoms. The van der Waals surface area contributed by atoms with Gasteiger partial charge in [-0.25, -0.2) is 24.9 Å². The molecule has 10 rings (SSSR count). The van der Waals surface area contributed by atoms with Crippen LogP contribution in [0.25, 0.3) is 90.3 Å². The highest BCUT2D eigenvalue weighted by Gasteiger charge is 2.36. The summed E-state index contributed by atoms with van der Waals surface area (Å²) in [4.78, 5) is 25.3. The standard InChI is InChI=1S/C52H37N5/c1-52(2)43-29-13-12-27-41(43)47-42(28-16-30-44(47)52)46-33-45(53-48(54-46)34-17-6-3-7-18-34)39-25-14-23-37(31-39)38-24-15-26-40(32-38)51-56-49(35-19-8-4-9-20-35)55-50(57-51)36-21-10-5-11-22-36/h3-33H,1-2H3. The van der Waals surface area contributed by atoms with Crippen molar-refractivity contribution in [2.45, 2.75) is 19.3 Å². The van der Waals surface area contributed by atoms with E-state index in [0.29, 0.717) is 23.3 Å². The first-order valence-corrected chi connectivity index (χ1v) is 19.3. The molecule has 0 bridgehead atoms. The Balaban J connectivity index is 1.08. The number of hydrogen-bond acceptors (Lipinski definition) is 5. The first-order chi connectivity index (χ1) is 28.0. The highest BCUT2D eigenvalue weighted by atomic mass is 15.0. The van der Waals surface area contributed by atoms with Crippen LogP contribution >= 0.6 is 0 Å². The van der Waals surface area contributed by atoms with Crippen LogP contribution in [0.5, 0.6) is 0 Å². The summed E-state index contributed by atoms with van der Waals surface area (Å²) >= 11 is 0. The number of hydrogen-bond donors (Lipinski definition) is 0. The second-order valence-corrected chi connectivity index (χ2v) is 14.9. The number of rotatable bonds is 7. The van der Waals surface area contributed by atoms with Crippen molar-refractivity contribution in [1.29, 1.82) is 0 Å². The van der Waals surface area contributed by atoms with Gasteiger partial charge in [0.2, 0.25) is 0 Å². The molecule has 7 aromatic carbocycles. The second-order valence-electron chi connectivity index (χ2n) is 14.9. The minimum atomic E-state index is -0.115. The Morgan fingerprint density at radius 1 is 0.298 bits per heavy atom. The highest BCUT2D eigenvalue weighted by molar-refractivity contribution is 5.92. The molecule has 0 fully saturated rings. The lowest BCUT2D eigenvalue weighted by Crippen LogP contribution is -2.14. The van der Waals surface area contributed by atoms with Crippen LogP contribution in [0, 0.1) is 0 Å². The van der Waals surface area contributed by atoms with Crippen LogP contribution in [0.4, 0.5) is 0 Å². The van der Waals surface area contributed by atoms with Gasteiger partial charge < -0.3 is 0 Å². The average molecular weight is 732 g/mol. The molecule has 0 unspecified atom stereocenters. The van der Waals surface area contributed by atoms with Crippen LogP contribution < -0.4 is 0 Å². The molecule has 2 aromatic heterocycles. The molecule has 0 radical (unpaired) electrons. The third kappa shape index (κ3) is 6.29. The molecule has 2 heterocycles. The monoisotopic (exact) mass is 731 g/mol. The van der Waals surface area contributed by atoms with Gasteiger partial charge in [-0.2, -0.15) is 0 Å². The van der Waals surface area contributed by atoms with E-state index in [9.17, 15) is 0 Å². The van der Waals surface area contributed by atoms with E-state index in [4.69, 9.17) is 24.9 Å². The number of fused-ring (bicyclic) bond motifs is 3. The minimum Gasteiger partial charge on any atom is -0.228 e. The van der Waals surface area contributed by atoms with Gasteiger partial charge in [0, 0.05) is 38.8 Å². The van der Waals surface area contributed by atoms with Crippen molar-refractivity contribution in [3.63, 3.8) is 0 Å². The first kappa shape index (κ1) is 34.1. The summed E-state index contributed by atoms with van der Waals surface area (Å²) in [7, 11) is 0. The van der Waals surface area contributed by atoms with Crippen molar-refractivity contribution in [3.8, 4) is 90.3 Å². The van der Waals surface area contributed by atoms with Crippen molar-refractivity contribution in [1.82, 2.24) is 24.9 Å². The molecule has 1 aliphatic rings. The Morgan fingerprint density at radius 2 is 0.702 bits per heavy atom. The highest BCUT2D eigenvalue weighted by Crippen LogP contribution is 2.52. The van der Waals surface area contributed by atoms with E-state index in [1.54, 1.807) is 0 Å². The summed E-state index contributed by atoms with van der Waals surface area (Å²) in [6.07, 6.45) is 0. The lowest BCUT2D eigenvalue weighted by atomic mass is 9.82. The van der Waals surface area contributed by atoms with Crippen molar-refractivity contribution in [2.24, 2.45) is 0 Å². The maximum atomic E-state index is 5.25. The Labute approximate surface area is 332 Å². The van der Waals surface area contributed by atoms with Gasteiger partial charge in [-0.3, -0.25) is 0 Å². The fraction of sp³-hybridized carbons (Fsp3) is 0.0577. The first-order valence-electron chi connectivity index (χ1n) is 19.3. The van der Waals surface area contributed by atoms with Crippen LogP contribution in [0.15, 0.2) is 188 Å². The molecule has 0 amide bonds. The second kappa shape index (κ2) is 14.0. The summed E-state index contributed by atoms with van der Waals surface area (Å²) in [5.74, 6) is 2.58. The van der Waals surface area contributed by atoms with Crippen molar-refractivity contribution < 1.29 is 0 Å². The number of aromatic nitrogens is 5. The molecule has 5 nitrogen and oxygen atoms in total. The lowest BCUT2D eigenvalue weighted by Gasteiger charge is -2.21. The van der Waals surface area contributed by atoms with Crippen molar-refractivity contribution in [2.75, 3.05) is 0 Å². The zero-order valence-electron chi connectivity index (χ0n) is 31.6. The Morgan fingerprint density at radius 3 is 1.32 bits per heavy atom. The summed E-state index contributed by atoms with van der Waals surface area (Å²) in [5, 5.41) is 0. The van der Waals surface area contributed by atoms with E-state index in [-0.39, 0.29) is 5.41 Å². The fourth-order valence-corrected chi connectivity index (χ4v) is 8.05. The van der Waals surface area contributed by atoms with E-state index in [0.717, 1.165) is 55.9 Å². The van der Waals surface area contributed by atoms with Crippen LogP contribution in [0.1, 0.15) is 25.0 Å². The van der Waals surface area contributed by atoms with E-state index in [1.807, 2.05) is 78.9 Å². The van der Waals surface area contributed by atoms with Gasteiger partial charge in [0.15, 0.2) is 23.3 Å². The third-order valence-corrected chi connectivity index (χ3v) is 11.0. The van der Waals surface area contributed by atoms with Gasteiger partial charge in [0.1, 0.15) is 0 Å². The zero-order valence-corrected chi connectivity index (χ0v) is 31.6. The number of nitrogens with zero attached hydrogens (tertiary/aromatic N) is 5. The molecule has 0 aliphatic heterocycles. The van der Waals surface area contributed by atoms with Crippen LogP contribution in [0.2, 0.25) is 0 Å². The van der Waals surface area contributed by atoms with Gasteiger partial charge >= 0.3 is 0 Å². The average Bonchev–Trinajstić information content (AvgIpc) is 3.53. The molecule has 5 heteroatoms. The molecular weight excluding hydrogens is 695 g/mol. The normalized spacial score (nSPS) is 12.5. The van der Waals surface area contributed by atoms with Gasteiger partial charge in [0.25, 0.3) is 0 Å². The smallest absolute Gasteiger partial charge is 0.164 e. The Kier molecular flexibility index (Phi) is 8.41. The number of benzene rings is 7. The summed E-state index contributed by atoms with van der Waals surface area (Å²) < 4.78 is 0. The van der Waals surface area contributed by atoms with E-state index in [1.165, 1.54) is 22.3 Å². The predicted molar refractivity (Wildman–Crippen MR) is 231 cm³/mol. The zero-order chi connectivity index (χ0) is 38.3. The summed E-state index contributed by atoms with van der Waals surface area (Å²) in [6, 6.07) is 64.9. The van der Waals surface area contributed by atoms with E-state index < -0.39 is 0 Å². The molecule has 9 aromatic rings. The molecule has 0 atom stereocenters. The molecule has 0 N–H and O–H groups in total. The SMILES string of the molecule is CC1(C)c2ccccc2-c2c(-c3cc(-c4cccc(-c5cccc(-c6nc(-c7ccccc7)nc(-c7ccccc7)n6)c5)c4)nc(-c4ccccc4)n3)cccc21. The molecular formula is C52H37N5. The summed E-state index contributed by atoms with van der Waals surface area (Å²) in [6.45, 7) is 4.63. The molecule has 0 saturated carbocycles. The van der Waals surface area contributed by atoms with Gasteiger partial charge in [-0.15, -0.1) is 0 Å². The van der Waals surface area contributed by atoms with Gasteiger partial charge in [-0.1, -0.05) is 184 Å². The molecule has 1 aliphatic carbocycles. The summed E-state index contributed by atoms with van der Waals surface area (Å²) in [5.41, 5.74) is 14.8. The quantitative estimate of drug-likeness (QED) is 0.163. The minimum absolute atomic E-state index is 0.115.